The number of hydrogen-bond donors (Lipinski definition) is 0. The molecule has 1 heterocycles. The van der Waals surface area contributed by atoms with Gasteiger partial charge >= 0.3 is 12.1 Å². The number of Topliss-reactive ketones (excluding diaryl/α,β-unsaturated/α-hetero) is 1. The Morgan fingerprint density at radius 1 is 1.24 bits per heavy atom. The van der Waals surface area contributed by atoms with Gasteiger partial charge in [-0.25, -0.2) is 9.59 Å². The van der Waals surface area contributed by atoms with E-state index in [0.717, 1.165) is 10.5 Å². The average molecular weight is 291 g/mol. The number of hydrogen-bond acceptors (Lipinski definition) is 5. The Bertz CT molecular complexity index is 528. The largest absolute Gasteiger partial charge is 0.464 e. The molecule has 1 aromatic rings. The van der Waals surface area contributed by atoms with Crippen LogP contribution >= 0.6 is 0 Å². The van der Waals surface area contributed by atoms with Gasteiger partial charge in [-0.1, -0.05) is 30.3 Å². The molecule has 0 spiro atoms. The maximum atomic E-state index is 12.0. The molecule has 1 aliphatic rings. The molecule has 1 unspecified atom stereocenters. The molecule has 1 amide bonds. The van der Waals surface area contributed by atoms with E-state index in [9.17, 15) is 14.4 Å². The minimum Gasteiger partial charge on any atom is -0.464 e. The van der Waals surface area contributed by atoms with Crippen LogP contribution < -0.4 is 0 Å². The van der Waals surface area contributed by atoms with Gasteiger partial charge in [0.1, 0.15) is 6.61 Å². The van der Waals surface area contributed by atoms with Crippen LogP contribution in [0.3, 0.4) is 0 Å². The van der Waals surface area contributed by atoms with Crippen LogP contribution in [0, 0.1) is 0 Å². The average Bonchev–Trinajstić information content (AvgIpc) is 2.88. The zero-order valence-corrected chi connectivity index (χ0v) is 11.8. The van der Waals surface area contributed by atoms with E-state index in [-0.39, 0.29) is 32.0 Å². The molecule has 0 aliphatic carbocycles. The Hall–Kier alpha value is -2.37. The van der Waals surface area contributed by atoms with E-state index >= 15 is 0 Å². The summed E-state index contributed by atoms with van der Waals surface area (Å²) >= 11 is 0. The molecule has 0 radical (unpaired) electrons. The number of carbonyl (C=O) groups is 3. The Balaban J connectivity index is 1.97. The minimum absolute atomic E-state index is 0.0971. The minimum atomic E-state index is -1.17. The van der Waals surface area contributed by atoms with Crippen LogP contribution in [0.1, 0.15) is 18.9 Å². The number of esters is 1. The summed E-state index contributed by atoms with van der Waals surface area (Å²) in [6.45, 7) is 2.08. The smallest absolute Gasteiger partial charge is 0.411 e. The van der Waals surface area contributed by atoms with Crippen molar-refractivity contribution in [2.24, 2.45) is 0 Å². The van der Waals surface area contributed by atoms with Crippen LogP contribution in [0.5, 0.6) is 0 Å². The monoisotopic (exact) mass is 291 g/mol. The molecule has 2 rings (SSSR count). The fraction of sp³-hybridized carbons (Fsp3) is 0.400. The number of nitrogens with zero attached hydrogens (tertiary/aromatic N) is 1. The van der Waals surface area contributed by atoms with Crippen molar-refractivity contribution >= 4 is 17.8 Å². The molecule has 0 aromatic heterocycles. The van der Waals surface area contributed by atoms with E-state index < -0.39 is 18.1 Å². The second-order valence-electron chi connectivity index (χ2n) is 4.60. The summed E-state index contributed by atoms with van der Waals surface area (Å²) in [6, 6.07) is 8.01. The molecule has 21 heavy (non-hydrogen) atoms. The van der Waals surface area contributed by atoms with Gasteiger partial charge < -0.3 is 9.47 Å². The number of benzene rings is 1. The first-order chi connectivity index (χ1) is 10.1. The quantitative estimate of drug-likeness (QED) is 0.621. The van der Waals surface area contributed by atoms with Crippen molar-refractivity contribution in [2.45, 2.75) is 26.0 Å². The van der Waals surface area contributed by atoms with Gasteiger partial charge in [0.2, 0.25) is 0 Å². The lowest BCUT2D eigenvalue weighted by Crippen LogP contribution is -2.44. The van der Waals surface area contributed by atoms with E-state index in [1.807, 2.05) is 30.3 Å². The Morgan fingerprint density at radius 2 is 1.95 bits per heavy atom. The van der Waals surface area contributed by atoms with Gasteiger partial charge in [-0.15, -0.1) is 0 Å². The molecule has 6 heteroatoms. The molecule has 1 saturated heterocycles. The molecular weight excluding hydrogens is 274 g/mol. The fourth-order valence-electron chi connectivity index (χ4n) is 2.15. The molecule has 1 atom stereocenters. The molecule has 112 valence electrons. The Morgan fingerprint density at radius 3 is 2.62 bits per heavy atom. The topological polar surface area (TPSA) is 72.9 Å². The van der Waals surface area contributed by atoms with Crippen LogP contribution in [-0.4, -0.2) is 41.9 Å². The highest BCUT2D eigenvalue weighted by molar-refractivity contribution is 6.07. The van der Waals surface area contributed by atoms with Crippen molar-refractivity contribution in [1.82, 2.24) is 4.90 Å². The summed E-state index contributed by atoms with van der Waals surface area (Å²) in [6.07, 6.45) is -0.535. The van der Waals surface area contributed by atoms with Gasteiger partial charge in [0.05, 0.1) is 6.61 Å². The first kappa shape index (κ1) is 15.0. The number of ether oxygens (including phenoxy) is 2. The molecule has 0 bridgehead atoms. The van der Waals surface area contributed by atoms with Crippen molar-refractivity contribution in [1.29, 1.82) is 0 Å². The van der Waals surface area contributed by atoms with Crippen LogP contribution in [0.15, 0.2) is 30.3 Å². The molecular formula is C15H17NO5. The van der Waals surface area contributed by atoms with Crippen LogP contribution in [0.25, 0.3) is 0 Å². The molecule has 6 nitrogen and oxygen atoms in total. The molecule has 0 N–H and O–H groups in total. The number of rotatable bonds is 4. The normalized spacial score (nSPS) is 17.7. The van der Waals surface area contributed by atoms with Crippen molar-refractivity contribution in [2.75, 3.05) is 13.2 Å². The van der Waals surface area contributed by atoms with E-state index in [0.29, 0.717) is 0 Å². The first-order valence-electron chi connectivity index (χ1n) is 6.80. The zero-order chi connectivity index (χ0) is 15.2. The third-order valence-electron chi connectivity index (χ3n) is 3.17. The van der Waals surface area contributed by atoms with Gasteiger partial charge in [0.15, 0.2) is 11.8 Å². The van der Waals surface area contributed by atoms with Gasteiger partial charge in [-0.3, -0.25) is 9.69 Å². The highest BCUT2D eigenvalue weighted by atomic mass is 16.6. The third kappa shape index (κ3) is 3.59. The first-order valence-corrected chi connectivity index (χ1v) is 6.80. The van der Waals surface area contributed by atoms with E-state index in [1.165, 1.54) is 0 Å². The summed E-state index contributed by atoms with van der Waals surface area (Å²) in [5.74, 6) is -1.01. The summed E-state index contributed by atoms with van der Waals surface area (Å²) in [5, 5.41) is 0. The number of amides is 1. The lowest BCUT2D eigenvalue weighted by Gasteiger charge is -2.21. The van der Waals surface area contributed by atoms with Crippen LogP contribution in [0.2, 0.25) is 0 Å². The van der Waals surface area contributed by atoms with E-state index in [4.69, 9.17) is 9.47 Å². The summed E-state index contributed by atoms with van der Waals surface area (Å²) in [4.78, 5) is 36.6. The second-order valence-corrected chi connectivity index (χ2v) is 4.60. The SMILES string of the molecule is CCOC(=O)C1C(=O)CCN1C(=O)OCc1ccccc1. The Labute approximate surface area is 122 Å². The highest BCUT2D eigenvalue weighted by Gasteiger charge is 2.42. The van der Waals surface area contributed by atoms with E-state index in [1.54, 1.807) is 6.92 Å². The van der Waals surface area contributed by atoms with Gasteiger partial charge in [-0.2, -0.15) is 0 Å². The molecule has 1 fully saturated rings. The lowest BCUT2D eigenvalue weighted by molar-refractivity contribution is -0.150. The number of carbonyl (C=O) groups excluding carboxylic acids is 3. The van der Waals surface area contributed by atoms with Crippen molar-refractivity contribution in [3.8, 4) is 0 Å². The lowest BCUT2D eigenvalue weighted by atomic mass is 10.2. The summed E-state index contributed by atoms with van der Waals surface area (Å²) < 4.78 is 9.98. The standard InChI is InChI=1S/C15H17NO5/c1-2-20-14(18)13-12(17)8-9-16(13)15(19)21-10-11-6-4-3-5-7-11/h3-7,13H,2,8-10H2,1H3. The predicted molar refractivity (Wildman–Crippen MR) is 73.4 cm³/mol. The predicted octanol–water partition coefficient (Wildman–Crippen LogP) is 1.53. The molecule has 0 saturated carbocycles. The summed E-state index contributed by atoms with van der Waals surface area (Å²) in [7, 11) is 0. The van der Waals surface area contributed by atoms with Gasteiger partial charge in [-0.05, 0) is 12.5 Å². The second kappa shape index (κ2) is 6.88. The number of ketones is 1. The van der Waals surface area contributed by atoms with Crippen LogP contribution in [0.4, 0.5) is 4.79 Å². The maximum Gasteiger partial charge on any atom is 0.411 e. The van der Waals surface area contributed by atoms with Crippen molar-refractivity contribution < 1.29 is 23.9 Å². The highest BCUT2D eigenvalue weighted by Crippen LogP contribution is 2.17. The van der Waals surface area contributed by atoms with Crippen molar-refractivity contribution in [3.05, 3.63) is 35.9 Å². The van der Waals surface area contributed by atoms with Crippen molar-refractivity contribution in [3.63, 3.8) is 0 Å². The zero-order valence-electron chi connectivity index (χ0n) is 11.8. The fourth-order valence-corrected chi connectivity index (χ4v) is 2.15. The molecule has 1 aromatic carbocycles. The van der Waals surface area contributed by atoms with Gasteiger partial charge in [0.25, 0.3) is 0 Å². The van der Waals surface area contributed by atoms with Gasteiger partial charge in [0, 0.05) is 13.0 Å². The molecule has 1 aliphatic heterocycles. The number of likely N-dealkylation sites (tertiary alicyclic amines) is 1. The van der Waals surface area contributed by atoms with E-state index in [2.05, 4.69) is 0 Å². The summed E-state index contributed by atoms with van der Waals surface area (Å²) in [5.41, 5.74) is 0.837. The Kier molecular flexibility index (Phi) is 4.92. The maximum absolute atomic E-state index is 12.0. The third-order valence-corrected chi connectivity index (χ3v) is 3.17. The van der Waals surface area contributed by atoms with Crippen LogP contribution in [-0.2, 0) is 25.7 Å².